The number of halogens is 1. The summed E-state index contributed by atoms with van der Waals surface area (Å²) in [6.07, 6.45) is 1.76. The number of aromatic amines is 1. The lowest BCUT2D eigenvalue weighted by Gasteiger charge is -2.01. The summed E-state index contributed by atoms with van der Waals surface area (Å²) >= 11 is 0. The first-order valence-corrected chi connectivity index (χ1v) is 5.39. The molecule has 0 bridgehead atoms. The molecule has 3 nitrogen and oxygen atoms in total. The Hall–Kier alpha value is -1.84. The fraction of sp³-hybridized carbons (Fsp3) is 0.308. The van der Waals surface area contributed by atoms with Crippen molar-refractivity contribution in [1.82, 2.24) is 4.98 Å². The van der Waals surface area contributed by atoms with E-state index in [1.807, 2.05) is 26.0 Å². The Bertz CT molecular complexity index is 491. The standard InChI is InChI=1S/C8H6FN.C5H10O2/c9-7-3-1-2-6-4-5-10-8(6)7;1-4(2)7-5(3)6/h1-5,10H;4H,1-3H3. The molecule has 0 amide bonds. The molecule has 0 aliphatic rings. The predicted molar refractivity (Wildman–Crippen MR) is 65.2 cm³/mol. The van der Waals surface area contributed by atoms with E-state index in [1.54, 1.807) is 12.3 Å². The molecule has 0 aliphatic heterocycles. The van der Waals surface area contributed by atoms with E-state index in [4.69, 9.17) is 0 Å². The molecule has 1 aromatic carbocycles. The fourth-order valence-electron chi connectivity index (χ4n) is 1.38. The number of hydrogen-bond donors (Lipinski definition) is 1. The van der Waals surface area contributed by atoms with Gasteiger partial charge in [-0.1, -0.05) is 12.1 Å². The highest BCUT2D eigenvalue weighted by atomic mass is 19.1. The Morgan fingerprint density at radius 2 is 2.06 bits per heavy atom. The van der Waals surface area contributed by atoms with Crippen molar-refractivity contribution in [3.63, 3.8) is 0 Å². The number of nitrogens with one attached hydrogen (secondary N) is 1. The van der Waals surface area contributed by atoms with Crippen molar-refractivity contribution < 1.29 is 13.9 Å². The molecule has 0 saturated heterocycles. The van der Waals surface area contributed by atoms with Crippen LogP contribution >= 0.6 is 0 Å². The lowest BCUT2D eigenvalue weighted by atomic mass is 10.2. The average Bonchev–Trinajstić information content (AvgIpc) is 2.65. The third-order valence-corrected chi connectivity index (χ3v) is 1.94. The molecule has 0 saturated carbocycles. The van der Waals surface area contributed by atoms with Crippen molar-refractivity contribution in [1.29, 1.82) is 0 Å². The van der Waals surface area contributed by atoms with Crippen molar-refractivity contribution in [3.05, 3.63) is 36.3 Å². The highest BCUT2D eigenvalue weighted by Crippen LogP contribution is 2.14. The van der Waals surface area contributed by atoms with E-state index in [-0.39, 0.29) is 17.9 Å². The second-order valence-corrected chi connectivity index (χ2v) is 3.84. The molecule has 92 valence electrons. The molecule has 0 spiro atoms. The Kier molecular flexibility index (Phi) is 4.69. The molecule has 1 heterocycles. The van der Waals surface area contributed by atoms with Gasteiger partial charge in [-0.2, -0.15) is 0 Å². The molecule has 0 atom stereocenters. The molecular formula is C13H16FNO2. The van der Waals surface area contributed by atoms with Gasteiger partial charge in [0.25, 0.3) is 0 Å². The zero-order chi connectivity index (χ0) is 12.8. The van der Waals surface area contributed by atoms with Crippen LogP contribution in [0.5, 0.6) is 0 Å². The third kappa shape index (κ3) is 4.26. The van der Waals surface area contributed by atoms with Crippen LogP contribution in [0.15, 0.2) is 30.5 Å². The summed E-state index contributed by atoms with van der Waals surface area (Å²) in [5.41, 5.74) is 0.586. The Morgan fingerprint density at radius 1 is 1.35 bits per heavy atom. The van der Waals surface area contributed by atoms with Crippen LogP contribution in [0.4, 0.5) is 4.39 Å². The Labute approximate surface area is 99.6 Å². The van der Waals surface area contributed by atoms with Crippen molar-refractivity contribution in [2.75, 3.05) is 0 Å². The van der Waals surface area contributed by atoms with E-state index >= 15 is 0 Å². The molecule has 4 heteroatoms. The number of fused-ring (bicyclic) bond motifs is 1. The lowest BCUT2D eigenvalue weighted by molar-refractivity contribution is -0.144. The zero-order valence-corrected chi connectivity index (χ0v) is 10.2. The van der Waals surface area contributed by atoms with Gasteiger partial charge in [-0.3, -0.25) is 4.79 Å². The van der Waals surface area contributed by atoms with Gasteiger partial charge in [0, 0.05) is 18.5 Å². The molecule has 2 rings (SSSR count). The van der Waals surface area contributed by atoms with E-state index in [2.05, 4.69) is 9.72 Å². The number of ether oxygens (including phenoxy) is 1. The van der Waals surface area contributed by atoms with Gasteiger partial charge in [-0.15, -0.1) is 0 Å². The summed E-state index contributed by atoms with van der Waals surface area (Å²) in [5.74, 6) is -0.405. The average molecular weight is 237 g/mol. The first kappa shape index (κ1) is 13.2. The molecule has 17 heavy (non-hydrogen) atoms. The quantitative estimate of drug-likeness (QED) is 0.773. The SMILES string of the molecule is CC(=O)OC(C)C.Fc1cccc2cc[nH]c12. The van der Waals surface area contributed by atoms with Crippen LogP contribution in [0.25, 0.3) is 10.9 Å². The number of para-hydroxylation sites is 1. The van der Waals surface area contributed by atoms with Gasteiger partial charge in [0.05, 0.1) is 11.6 Å². The maximum absolute atomic E-state index is 12.8. The smallest absolute Gasteiger partial charge is 0.302 e. The normalized spacial score (nSPS) is 9.94. The molecule has 0 aliphatic carbocycles. The highest BCUT2D eigenvalue weighted by Gasteiger charge is 1.97. The first-order chi connectivity index (χ1) is 8.00. The topological polar surface area (TPSA) is 42.1 Å². The summed E-state index contributed by atoms with van der Waals surface area (Å²) < 4.78 is 17.4. The van der Waals surface area contributed by atoms with Gasteiger partial charge >= 0.3 is 5.97 Å². The van der Waals surface area contributed by atoms with Gasteiger partial charge in [0.2, 0.25) is 0 Å². The van der Waals surface area contributed by atoms with Gasteiger partial charge in [0.15, 0.2) is 0 Å². The van der Waals surface area contributed by atoms with Crippen LogP contribution in [0, 0.1) is 5.82 Å². The number of aromatic nitrogens is 1. The minimum absolute atomic E-state index is 0.0255. The lowest BCUT2D eigenvalue weighted by Crippen LogP contribution is -2.06. The minimum atomic E-state index is -0.213. The molecule has 1 N–H and O–H groups in total. The summed E-state index contributed by atoms with van der Waals surface area (Å²) in [6, 6.07) is 6.86. The molecule has 0 unspecified atom stereocenters. The van der Waals surface area contributed by atoms with Crippen molar-refractivity contribution in [2.45, 2.75) is 26.9 Å². The molecule has 0 radical (unpaired) electrons. The number of H-pyrrole nitrogens is 1. The second-order valence-electron chi connectivity index (χ2n) is 3.84. The monoisotopic (exact) mass is 237 g/mol. The van der Waals surface area contributed by atoms with E-state index in [0.717, 1.165) is 5.39 Å². The number of carbonyl (C=O) groups excluding carboxylic acids is 1. The minimum Gasteiger partial charge on any atom is -0.463 e. The molecule has 0 fully saturated rings. The third-order valence-electron chi connectivity index (χ3n) is 1.94. The maximum Gasteiger partial charge on any atom is 0.302 e. The summed E-state index contributed by atoms with van der Waals surface area (Å²) in [4.78, 5) is 12.8. The largest absolute Gasteiger partial charge is 0.463 e. The van der Waals surface area contributed by atoms with Crippen molar-refractivity contribution in [3.8, 4) is 0 Å². The molecule has 2 aromatic rings. The van der Waals surface area contributed by atoms with Crippen molar-refractivity contribution >= 4 is 16.9 Å². The van der Waals surface area contributed by atoms with Crippen LogP contribution in [-0.2, 0) is 9.53 Å². The number of benzene rings is 1. The number of carbonyl (C=O) groups is 1. The highest BCUT2D eigenvalue weighted by molar-refractivity contribution is 5.79. The van der Waals surface area contributed by atoms with Crippen LogP contribution < -0.4 is 0 Å². The van der Waals surface area contributed by atoms with E-state index in [0.29, 0.717) is 5.52 Å². The fourth-order valence-corrected chi connectivity index (χ4v) is 1.38. The number of hydrogen-bond acceptors (Lipinski definition) is 2. The summed E-state index contributed by atoms with van der Waals surface area (Å²) in [5, 5.41) is 0.917. The molecule has 1 aromatic heterocycles. The van der Waals surface area contributed by atoms with E-state index in [9.17, 15) is 9.18 Å². The Morgan fingerprint density at radius 3 is 2.53 bits per heavy atom. The van der Waals surface area contributed by atoms with E-state index in [1.165, 1.54) is 13.0 Å². The van der Waals surface area contributed by atoms with Crippen LogP contribution in [0.1, 0.15) is 20.8 Å². The van der Waals surface area contributed by atoms with Crippen molar-refractivity contribution in [2.24, 2.45) is 0 Å². The second kappa shape index (κ2) is 6.03. The summed E-state index contributed by atoms with van der Waals surface area (Å²) in [7, 11) is 0. The molecular weight excluding hydrogens is 221 g/mol. The summed E-state index contributed by atoms with van der Waals surface area (Å²) in [6.45, 7) is 5.04. The van der Waals surface area contributed by atoms with Crippen LogP contribution in [0.3, 0.4) is 0 Å². The van der Waals surface area contributed by atoms with Gasteiger partial charge in [-0.25, -0.2) is 4.39 Å². The van der Waals surface area contributed by atoms with Gasteiger partial charge in [-0.05, 0) is 26.0 Å². The zero-order valence-electron chi connectivity index (χ0n) is 10.2. The Balaban J connectivity index is 0.000000185. The predicted octanol–water partition coefficient (Wildman–Crippen LogP) is 3.26. The maximum atomic E-state index is 12.8. The van der Waals surface area contributed by atoms with Gasteiger partial charge in [0.1, 0.15) is 5.82 Å². The van der Waals surface area contributed by atoms with Crippen LogP contribution in [0.2, 0.25) is 0 Å². The van der Waals surface area contributed by atoms with Crippen LogP contribution in [-0.4, -0.2) is 17.1 Å². The van der Waals surface area contributed by atoms with Gasteiger partial charge < -0.3 is 9.72 Å². The number of esters is 1. The number of rotatable bonds is 1. The first-order valence-electron chi connectivity index (χ1n) is 5.39. The van der Waals surface area contributed by atoms with E-state index < -0.39 is 0 Å².